The Morgan fingerprint density at radius 3 is 2.19 bits per heavy atom. The molecule has 0 fully saturated rings. The Labute approximate surface area is 181 Å². The van der Waals surface area contributed by atoms with Gasteiger partial charge in [-0.05, 0) is 92.6 Å². The van der Waals surface area contributed by atoms with Crippen LogP contribution in [0.25, 0.3) is 0 Å². The smallest absolute Gasteiger partial charge is 0.193 e. The largest absolute Gasteiger partial charge is 0.361 e. The van der Waals surface area contributed by atoms with Crippen LogP contribution in [0.4, 0.5) is 8.78 Å². The molecule has 3 nitrogen and oxygen atoms in total. The zero-order valence-electron chi connectivity index (χ0n) is 17.7. The number of halogens is 2. The summed E-state index contributed by atoms with van der Waals surface area (Å²) in [7, 11) is 4.06. The van der Waals surface area contributed by atoms with Gasteiger partial charge in [0.25, 0.3) is 0 Å². The molecule has 4 rings (SSSR count). The molecule has 1 atom stereocenters. The standard InChI is InChI=1S/C26H25F2NO2/c1-29(2)15-3-14-26(21-7-11-23(28)12-8-21)24-13-6-19(16-20(24)17-31-26)25(30)18-4-9-22(27)10-5-18/h4-13,16H,3,14-15,17H2,1-2H3/t26-/m0/s1. The highest BCUT2D eigenvalue weighted by Gasteiger charge is 2.41. The first-order valence-electron chi connectivity index (χ1n) is 10.4. The van der Waals surface area contributed by atoms with Crippen molar-refractivity contribution in [2.45, 2.75) is 25.0 Å². The summed E-state index contributed by atoms with van der Waals surface area (Å²) in [6.45, 7) is 1.28. The van der Waals surface area contributed by atoms with Gasteiger partial charge in [-0.2, -0.15) is 0 Å². The molecule has 0 N–H and O–H groups in total. The Kier molecular flexibility index (Phi) is 5.99. The predicted molar refractivity (Wildman–Crippen MR) is 116 cm³/mol. The van der Waals surface area contributed by atoms with Crippen LogP contribution in [-0.2, 0) is 16.9 Å². The maximum atomic E-state index is 13.6. The number of carbonyl (C=O) groups excluding carboxylic acids is 1. The fraction of sp³-hybridized carbons (Fsp3) is 0.269. The fourth-order valence-electron chi connectivity index (χ4n) is 4.25. The zero-order chi connectivity index (χ0) is 22.0. The maximum absolute atomic E-state index is 13.6. The van der Waals surface area contributed by atoms with Crippen LogP contribution in [0, 0.1) is 11.6 Å². The van der Waals surface area contributed by atoms with Gasteiger partial charge in [-0.15, -0.1) is 0 Å². The molecule has 3 aromatic carbocycles. The van der Waals surface area contributed by atoms with E-state index < -0.39 is 5.60 Å². The van der Waals surface area contributed by atoms with E-state index in [4.69, 9.17) is 4.74 Å². The quantitative estimate of drug-likeness (QED) is 0.484. The summed E-state index contributed by atoms with van der Waals surface area (Å²) in [5.41, 5.74) is 3.17. The number of ether oxygens (including phenoxy) is 1. The average molecular weight is 421 g/mol. The molecule has 31 heavy (non-hydrogen) atoms. The van der Waals surface area contributed by atoms with Gasteiger partial charge in [0, 0.05) is 11.1 Å². The van der Waals surface area contributed by atoms with Gasteiger partial charge in [0.05, 0.1) is 6.61 Å². The van der Waals surface area contributed by atoms with E-state index in [1.54, 1.807) is 18.2 Å². The normalized spacial score (nSPS) is 17.7. The number of ketones is 1. The number of fused-ring (bicyclic) bond motifs is 1. The molecule has 0 unspecified atom stereocenters. The molecule has 0 bridgehead atoms. The van der Waals surface area contributed by atoms with Crippen molar-refractivity contribution >= 4 is 5.78 Å². The molecule has 0 aromatic heterocycles. The number of hydrogen-bond acceptors (Lipinski definition) is 3. The SMILES string of the molecule is CN(C)CCC[C@@]1(c2ccc(F)cc2)OCc2cc(C(=O)c3ccc(F)cc3)ccc21. The molecule has 1 aliphatic heterocycles. The van der Waals surface area contributed by atoms with Crippen LogP contribution in [0.1, 0.15) is 45.5 Å². The Hall–Kier alpha value is -2.89. The first-order chi connectivity index (χ1) is 14.9. The third-order valence-electron chi connectivity index (χ3n) is 5.83. The van der Waals surface area contributed by atoms with Crippen molar-refractivity contribution in [1.29, 1.82) is 0 Å². The van der Waals surface area contributed by atoms with E-state index in [1.165, 1.54) is 36.4 Å². The van der Waals surface area contributed by atoms with E-state index in [2.05, 4.69) is 4.90 Å². The second-order valence-electron chi connectivity index (χ2n) is 8.24. The molecule has 160 valence electrons. The lowest BCUT2D eigenvalue weighted by Crippen LogP contribution is -2.28. The maximum Gasteiger partial charge on any atom is 0.193 e. The summed E-state index contributed by atoms with van der Waals surface area (Å²) in [5, 5.41) is 0. The fourth-order valence-corrected chi connectivity index (χ4v) is 4.25. The van der Waals surface area contributed by atoms with Crippen molar-refractivity contribution in [3.8, 4) is 0 Å². The van der Waals surface area contributed by atoms with Crippen LogP contribution >= 0.6 is 0 Å². The minimum atomic E-state index is -0.670. The topological polar surface area (TPSA) is 29.5 Å². The first kappa shape index (κ1) is 21.3. The summed E-state index contributed by atoms with van der Waals surface area (Å²) >= 11 is 0. The summed E-state index contributed by atoms with van der Waals surface area (Å²) in [5.74, 6) is -0.818. The molecule has 0 saturated heterocycles. The van der Waals surface area contributed by atoms with Crippen molar-refractivity contribution in [2.24, 2.45) is 0 Å². The van der Waals surface area contributed by atoms with Gasteiger partial charge in [-0.3, -0.25) is 4.79 Å². The second-order valence-corrected chi connectivity index (χ2v) is 8.24. The highest BCUT2D eigenvalue weighted by molar-refractivity contribution is 6.09. The number of rotatable bonds is 7. The third kappa shape index (κ3) is 4.29. The Balaban J connectivity index is 1.69. The molecule has 0 radical (unpaired) electrons. The van der Waals surface area contributed by atoms with E-state index in [-0.39, 0.29) is 17.4 Å². The molecule has 1 heterocycles. The monoisotopic (exact) mass is 421 g/mol. The van der Waals surface area contributed by atoms with Gasteiger partial charge in [0.2, 0.25) is 0 Å². The van der Waals surface area contributed by atoms with E-state index in [9.17, 15) is 13.6 Å². The van der Waals surface area contributed by atoms with E-state index in [0.717, 1.165) is 36.1 Å². The van der Waals surface area contributed by atoms with Gasteiger partial charge in [-0.1, -0.05) is 24.3 Å². The number of hydrogen-bond donors (Lipinski definition) is 0. The van der Waals surface area contributed by atoms with Crippen LogP contribution in [-0.4, -0.2) is 31.3 Å². The van der Waals surface area contributed by atoms with Crippen molar-refractivity contribution in [3.63, 3.8) is 0 Å². The van der Waals surface area contributed by atoms with Gasteiger partial charge >= 0.3 is 0 Å². The Morgan fingerprint density at radius 2 is 1.55 bits per heavy atom. The van der Waals surface area contributed by atoms with Crippen molar-refractivity contribution in [3.05, 3.63) is 106 Å². The summed E-state index contributed by atoms with van der Waals surface area (Å²) < 4.78 is 33.1. The molecule has 0 saturated carbocycles. The minimum absolute atomic E-state index is 0.158. The van der Waals surface area contributed by atoms with Crippen molar-refractivity contribution < 1.29 is 18.3 Å². The molecule has 0 spiro atoms. The van der Waals surface area contributed by atoms with Gasteiger partial charge in [0.15, 0.2) is 5.78 Å². The number of carbonyl (C=O) groups is 1. The summed E-state index contributed by atoms with van der Waals surface area (Å²) in [6, 6.07) is 17.6. The molecular weight excluding hydrogens is 396 g/mol. The lowest BCUT2D eigenvalue weighted by Gasteiger charge is -2.31. The average Bonchev–Trinajstić information content (AvgIpc) is 3.13. The van der Waals surface area contributed by atoms with Crippen LogP contribution in [0.3, 0.4) is 0 Å². The molecule has 5 heteroatoms. The number of benzene rings is 3. The van der Waals surface area contributed by atoms with Gasteiger partial charge < -0.3 is 9.64 Å². The summed E-state index contributed by atoms with van der Waals surface area (Å²) in [4.78, 5) is 15.0. The van der Waals surface area contributed by atoms with E-state index >= 15 is 0 Å². The summed E-state index contributed by atoms with van der Waals surface area (Å²) in [6.07, 6.45) is 1.65. The zero-order valence-corrected chi connectivity index (χ0v) is 17.7. The molecule has 0 aliphatic carbocycles. The minimum Gasteiger partial charge on any atom is -0.361 e. The van der Waals surface area contributed by atoms with Crippen LogP contribution in [0.2, 0.25) is 0 Å². The second kappa shape index (κ2) is 8.69. The molecular formula is C26H25F2NO2. The molecule has 1 aliphatic rings. The lowest BCUT2D eigenvalue weighted by atomic mass is 9.81. The van der Waals surface area contributed by atoms with Crippen LogP contribution in [0.15, 0.2) is 66.7 Å². The van der Waals surface area contributed by atoms with Gasteiger partial charge in [0.1, 0.15) is 17.2 Å². The van der Waals surface area contributed by atoms with Crippen molar-refractivity contribution in [2.75, 3.05) is 20.6 Å². The molecule has 0 amide bonds. The molecule has 3 aromatic rings. The van der Waals surface area contributed by atoms with Crippen LogP contribution < -0.4 is 0 Å². The van der Waals surface area contributed by atoms with E-state index in [0.29, 0.717) is 17.7 Å². The third-order valence-corrected chi connectivity index (χ3v) is 5.83. The highest BCUT2D eigenvalue weighted by atomic mass is 19.1. The number of nitrogens with zero attached hydrogens (tertiary/aromatic N) is 1. The highest BCUT2D eigenvalue weighted by Crippen LogP contribution is 2.45. The van der Waals surface area contributed by atoms with E-state index in [1.807, 2.05) is 26.2 Å². The van der Waals surface area contributed by atoms with Crippen molar-refractivity contribution in [1.82, 2.24) is 4.90 Å². The predicted octanol–water partition coefficient (Wildman–Crippen LogP) is 5.31. The Morgan fingerprint density at radius 1 is 0.935 bits per heavy atom. The van der Waals surface area contributed by atoms with Crippen LogP contribution in [0.5, 0.6) is 0 Å². The van der Waals surface area contributed by atoms with Gasteiger partial charge in [-0.25, -0.2) is 8.78 Å². The lowest BCUT2D eigenvalue weighted by molar-refractivity contribution is -0.0140. The first-order valence-corrected chi connectivity index (χ1v) is 10.4. The Bertz CT molecular complexity index is 1080.